The van der Waals surface area contributed by atoms with Gasteiger partial charge in [-0.2, -0.15) is 0 Å². The van der Waals surface area contributed by atoms with Crippen LogP contribution in [0.4, 0.5) is 5.69 Å². The van der Waals surface area contributed by atoms with Gasteiger partial charge in [-0.05, 0) is 50.6 Å². The summed E-state index contributed by atoms with van der Waals surface area (Å²) in [5.41, 5.74) is 8.60. The first kappa shape index (κ1) is 14.4. The molecule has 106 valence electrons. The number of rotatable bonds is 4. The fraction of sp³-hybridized carbons (Fsp3) is 0.625. The Hall–Kier alpha value is -1.06. The Balaban J connectivity index is 2.04. The van der Waals surface area contributed by atoms with E-state index < -0.39 is 0 Å². The third kappa shape index (κ3) is 3.48. The van der Waals surface area contributed by atoms with Gasteiger partial charge in [0.25, 0.3) is 0 Å². The molecule has 0 aliphatic carbocycles. The first-order chi connectivity index (χ1) is 9.11. The summed E-state index contributed by atoms with van der Waals surface area (Å²) in [6.45, 7) is 4.52. The van der Waals surface area contributed by atoms with Crippen molar-refractivity contribution in [2.75, 3.05) is 32.1 Å². The number of nitrogens with two attached hydrogens (primary N) is 1. The maximum atomic E-state index is 6.06. The Bertz CT molecular complexity index is 387. The van der Waals surface area contributed by atoms with E-state index in [0.717, 1.165) is 13.0 Å². The number of likely N-dealkylation sites (N-methyl/N-ethyl adjacent to an activating group) is 2. The molecular weight excluding hydrogens is 234 g/mol. The summed E-state index contributed by atoms with van der Waals surface area (Å²) in [5, 5.41) is 0. The van der Waals surface area contributed by atoms with E-state index in [2.05, 4.69) is 55.1 Å². The molecule has 1 aliphatic rings. The normalized spacial score (nSPS) is 22.2. The van der Waals surface area contributed by atoms with Gasteiger partial charge in [0.2, 0.25) is 0 Å². The summed E-state index contributed by atoms with van der Waals surface area (Å²) in [6, 6.07) is 9.56. The summed E-state index contributed by atoms with van der Waals surface area (Å²) < 4.78 is 0. The van der Waals surface area contributed by atoms with Crippen molar-refractivity contribution in [1.29, 1.82) is 0 Å². The summed E-state index contributed by atoms with van der Waals surface area (Å²) in [7, 11) is 4.42. The second kappa shape index (κ2) is 6.40. The number of piperidine rings is 1. The Morgan fingerprint density at radius 3 is 2.63 bits per heavy atom. The zero-order valence-electron chi connectivity index (χ0n) is 12.5. The molecule has 0 bridgehead atoms. The molecule has 2 N–H and O–H groups in total. The zero-order chi connectivity index (χ0) is 13.8. The van der Waals surface area contributed by atoms with Crippen LogP contribution in [0.1, 0.15) is 37.8 Å². The van der Waals surface area contributed by atoms with Crippen molar-refractivity contribution in [2.45, 2.75) is 38.3 Å². The number of hydrogen-bond donors (Lipinski definition) is 1. The zero-order valence-corrected chi connectivity index (χ0v) is 12.5. The molecule has 1 fully saturated rings. The smallest absolute Gasteiger partial charge is 0.0414 e. The van der Waals surface area contributed by atoms with Gasteiger partial charge in [-0.3, -0.25) is 0 Å². The Kier molecular flexibility index (Phi) is 4.83. The standard InChI is InChI=1S/C16H27N3/c1-4-16(17)13-7-9-14(10-8-13)19(3)15-6-5-11-18(2)12-15/h7-10,15-16H,4-6,11-12,17H2,1-3H3/t15?,16-/m0/s1. The Morgan fingerprint density at radius 1 is 1.37 bits per heavy atom. The van der Waals surface area contributed by atoms with E-state index in [1.807, 2.05) is 0 Å². The molecule has 1 aromatic carbocycles. The fourth-order valence-corrected chi connectivity index (χ4v) is 2.86. The van der Waals surface area contributed by atoms with Crippen LogP contribution >= 0.6 is 0 Å². The predicted octanol–water partition coefficient (Wildman–Crippen LogP) is 2.63. The predicted molar refractivity (Wildman–Crippen MR) is 82.6 cm³/mol. The SMILES string of the molecule is CC[C@H](N)c1ccc(N(C)C2CCCN(C)C2)cc1. The van der Waals surface area contributed by atoms with Crippen LogP contribution in [-0.4, -0.2) is 38.1 Å². The molecule has 19 heavy (non-hydrogen) atoms. The van der Waals surface area contributed by atoms with Gasteiger partial charge in [0, 0.05) is 31.4 Å². The summed E-state index contributed by atoms with van der Waals surface area (Å²) in [6.07, 6.45) is 3.57. The topological polar surface area (TPSA) is 32.5 Å². The molecule has 2 rings (SSSR count). The average molecular weight is 261 g/mol. The molecular formula is C16H27N3. The van der Waals surface area contributed by atoms with Crippen molar-refractivity contribution in [3.63, 3.8) is 0 Å². The van der Waals surface area contributed by atoms with Crippen molar-refractivity contribution in [2.24, 2.45) is 5.73 Å². The summed E-state index contributed by atoms with van der Waals surface area (Å²) in [4.78, 5) is 4.84. The lowest BCUT2D eigenvalue weighted by Gasteiger charge is -2.37. The van der Waals surface area contributed by atoms with E-state index in [1.54, 1.807) is 0 Å². The van der Waals surface area contributed by atoms with Crippen LogP contribution in [-0.2, 0) is 0 Å². The third-order valence-corrected chi connectivity index (χ3v) is 4.32. The van der Waals surface area contributed by atoms with Crippen LogP contribution in [0.15, 0.2) is 24.3 Å². The maximum Gasteiger partial charge on any atom is 0.0414 e. The Labute approximate surface area is 117 Å². The number of anilines is 1. The lowest BCUT2D eigenvalue weighted by Crippen LogP contribution is -2.45. The van der Waals surface area contributed by atoms with Crippen LogP contribution in [0.2, 0.25) is 0 Å². The Morgan fingerprint density at radius 2 is 2.05 bits per heavy atom. The molecule has 3 nitrogen and oxygen atoms in total. The monoisotopic (exact) mass is 261 g/mol. The minimum atomic E-state index is 0.167. The number of nitrogens with zero attached hydrogens (tertiary/aromatic N) is 2. The van der Waals surface area contributed by atoms with E-state index in [1.165, 1.54) is 30.6 Å². The highest BCUT2D eigenvalue weighted by Crippen LogP contribution is 2.23. The first-order valence-electron chi connectivity index (χ1n) is 7.38. The van der Waals surface area contributed by atoms with E-state index in [4.69, 9.17) is 5.73 Å². The van der Waals surface area contributed by atoms with Crippen LogP contribution in [0.25, 0.3) is 0 Å². The summed E-state index contributed by atoms with van der Waals surface area (Å²) in [5.74, 6) is 0. The largest absolute Gasteiger partial charge is 0.370 e. The van der Waals surface area contributed by atoms with Crippen LogP contribution in [0.5, 0.6) is 0 Å². The highest BCUT2D eigenvalue weighted by Gasteiger charge is 2.21. The third-order valence-electron chi connectivity index (χ3n) is 4.32. The molecule has 2 atom stereocenters. The van der Waals surface area contributed by atoms with Crippen molar-refractivity contribution in [3.8, 4) is 0 Å². The number of benzene rings is 1. The van der Waals surface area contributed by atoms with Gasteiger partial charge >= 0.3 is 0 Å². The van der Waals surface area contributed by atoms with Gasteiger partial charge in [0.15, 0.2) is 0 Å². The van der Waals surface area contributed by atoms with Crippen molar-refractivity contribution >= 4 is 5.69 Å². The molecule has 3 heteroatoms. The van der Waals surface area contributed by atoms with Gasteiger partial charge in [-0.15, -0.1) is 0 Å². The van der Waals surface area contributed by atoms with Gasteiger partial charge in [-0.1, -0.05) is 19.1 Å². The second-order valence-corrected chi connectivity index (χ2v) is 5.78. The lowest BCUT2D eigenvalue weighted by molar-refractivity contribution is 0.248. The molecule has 0 amide bonds. The van der Waals surface area contributed by atoms with Crippen molar-refractivity contribution in [3.05, 3.63) is 29.8 Å². The molecule has 0 radical (unpaired) electrons. The molecule has 1 heterocycles. The molecule has 0 saturated carbocycles. The lowest BCUT2D eigenvalue weighted by atomic mass is 10.0. The summed E-state index contributed by atoms with van der Waals surface area (Å²) >= 11 is 0. The van der Waals surface area contributed by atoms with Gasteiger partial charge in [0.1, 0.15) is 0 Å². The first-order valence-corrected chi connectivity index (χ1v) is 7.38. The van der Waals surface area contributed by atoms with E-state index in [9.17, 15) is 0 Å². The van der Waals surface area contributed by atoms with E-state index in [0.29, 0.717) is 6.04 Å². The van der Waals surface area contributed by atoms with E-state index >= 15 is 0 Å². The number of hydrogen-bond acceptors (Lipinski definition) is 3. The molecule has 1 aliphatic heterocycles. The van der Waals surface area contributed by atoms with Crippen molar-refractivity contribution in [1.82, 2.24) is 4.90 Å². The minimum Gasteiger partial charge on any atom is -0.370 e. The maximum absolute atomic E-state index is 6.06. The molecule has 1 aromatic rings. The average Bonchev–Trinajstić information content (AvgIpc) is 2.46. The second-order valence-electron chi connectivity index (χ2n) is 5.78. The van der Waals surface area contributed by atoms with Crippen LogP contribution in [0.3, 0.4) is 0 Å². The number of likely N-dealkylation sites (tertiary alicyclic amines) is 1. The van der Waals surface area contributed by atoms with Crippen molar-refractivity contribution < 1.29 is 0 Å². The minimum absolute atomic E-state index is 0.167. The quantitative estimate of drug-likeness (QED) is 0.904. The molecule has 1 saturated heterocycles. The fourth-order valence-electron chi connectivity index (χ4n) is 2.86. The van der Waals surface area contributed by atoms with Gasteiger partial charge in [0.05, 0.1) is 0 Å². The van der Waals surface area contributed by atoms with Gasteiger partial charge < -0.3 is 15.5 Å². The highest BCUT2D eigenvalue weighted by molar-refractivity contribution is 5.48. The van der Waals surface area contributed by atoms with Crippen LogP contribution < -0.4 is 10.6 Å². The highest BCUT2D eigenvalue weighted by atomic mass is 15.2. The molecule has 0 aromatic heterocycles. The molecule has 0 spiro atoms. The van der Waals surface area contributed by atoms with E-state index in [-0.39, 0.29) is 6.04 Å². The molecule has 1 unspecified atom stereocenters. The van der Waals surface area contributed by atoms with Gasteiger partial charge in [-0.25, -0.2) is 0 Å². The van der Waals surface area contributed by atoms with Crippen LogP contribution in [0, 0.1) is 0 Å².